The number of methoxy groups -OCH3 is 1. The number of carbonyl (C=O) groups is 2. The van der Waals surface area contributed by atoms with Gasteiger partial charge in [0.1, 0.15) is 11.3 Å². The van der Waals surface area contributed by atoms with E-state index in [1.807, 2.05) is 36.0 Å². The van der Waals surface area contributed by atoms with Crippen molar-refractivity contribution >= 4 is 40.2 Å². The molecule has 3 aromatic rings. The van der Waals surface area contributed by atoms with Gasteiger partial charge in [0.2, 0.25) is 5.91 Å². The van der Waals surface area contributed by atoms with Gasteiger partial charge < -0.3 is 19.4 Å². The summed E-state index contributed by atoms with van der Waals surface area (Å²) < 4.78 is 11.1. The Morgan fingerprint density at radius 3 is 2.55 bits per heavy atom. The van der Waals surface area contributed by atoms with E-state index < -0.39 is 0 Å². The van der Waals surface area contributed by atoms with E-state index >= 15 is 0 Å². The first-order chi connectivity index (χ1) is 16.0. The molecule has 1 aliphatic rings. The lowest BCUT2D eigenvalue weighted by Gasteiger charge is -2.21. The van der Waals surface area contributed by atoms with Crippen LogP contribution in [0.2, 0.25) is 0 Å². The number of benzene rings is 2. The Morgan fingerprint density at radius 2 is 1.82 bits per heavy atom. The molecule has 1 heterocycles. The predicted octanol–water partition coefficient (Wildman–Crippen LogP) is 5.72. The van der Waals surface area contributed by atoms with Crippen LogP contribution in [-0.2, 0) is 10.5 Å². The number of fused-ring (bicyclic) bond motifs is 1. The van der Waals surface area contributed by atoms with E-state index in [0.717, 1.165) is 16.7 Å². The number of rotatable bonds is 8. The molecular formula is C26H30N2O4S. The summed E-state index contributed by atoms with van der Waals surface area (Å²) in [6.07, 6.45) is 6.34. The van der Waals surface area contributed by atoms with Gasteiger partial charge in [-0.25, -0.2) is 0 Å². The van der Waals surface area contributed by atoms with Crippen LogP contribution in [0.4, 0.5) is 5.69 Å². The number of nitrogens with zero attached hydrogens (tertiary/aromatic N) is 1. The molecule has 33 heavy (non-hydrogen) atoms. The van der Waals surface area contributed by atoms with Crippen molar-refractivity contribution in [2.45, 2.75) is 43.1 Å². The summed E-state index contributed by atoms with van der Waals surface area (Å²) in [6, 6.07) is 14.8. The average molecular weight is 467 g/mol. The molecule has 0 atom stereocenters. The lowest BCUT2D eigenvalue weighted by Crippen LogP contribution is -2.35. The van der Waals surface area contributed by atoms with Gasteiger partial charge in [-0.2, -0.15) is 11.8 Å². The highest BCUT2D eigenvalue weighted by Gasteiger charge is 2.25. The van der Waals surface area contributed by atoms with Crippen molar-refractivity contribution in [2.24, 2.45) is 0 Å². The first kappa shape index (κ1) is 23.2. The van der Waals surface area contributed by atoms with Crippen LogP contribution < -0.4 is 10.1 Å². The second-order valence-electron chi connectivity index (χ2n) is 8.41. The maximum atomic E-state index is 13.3. The fraction of sp³-hybridized carbons (Fsp3) is 0.385. The molecule has 0 radical (unpaired) electrons. The molecule has 174 valence electrons. The lowest BCUT2D eigenvalue weighted by atomic mass is 10.0. The van der Waals surface area contributed by atoms with Gasteiger partial charge in [-0.3, -0.25) is 9.59 Å². The molecular weight excluding hydrogens is 436 g/mol. The van der Waals surface area contributed by atoms with Crippen LogP contribution in [0.3, 0.4) is 0 Å². The third-order valence-corrected chi connectivity index (χ3v) is 7.41. The average Bonchev–Trinajstić information content (AvgIpc) is 3.21. The third-order valence-electron chi connectivity index (χ3n) is 6.01. The van der Waals surface area contributed by atoms with E-state index in [9.17, 15) is 9.59 Å². The third kappa shape index (κ3) is 5.71. The second kappa shape index (κ2) is 10.8. The second-order valence-corrected chi connectivity index (χ2v) is 9.70. The van der Waals surface area contributed by atoms with Crippen molar-refractivity contribution < 1.29 is 18.7 Å². The lowest BCUT2D eigenvalue weighted by molar-refractivity contribution is -0.116. The quantitative estimate of drug-likeness (QED) is 0.460. The normalized spacial score (nSPS) is 14.2. The van der Waals surface area contributed by atoms with Gasteiger partial charge in [-0.05, 0) is 43.2 Å². The summed E-state index contributed by atoms with van der Waals surface area (Å²) in [4.78, 5) is 27.2. The number of nitrogens with one attached hydrogen (secondary N) is 1. The Hall–Kier alpha value is -2.93. The van der Waals surface area contributed by atoms with Gasteiger partial charge >= 0.3 is 0 Å². The molecule has 0 saturated heterocycles. The zero-order valence-corrected chi connectivity index (χ0v) is 20.0. The molecule has 0 bridgehead atoms. The van der Waals surface area contributed by atoms with Gasteiger partial charge in [0.25, 0.3) is 5.91 Å². The fourth-order valence-corrected chi connectivity index (χ4v) is 5.54. The van der Waals surface area contributed by atoms with Crippen LogP contribution in [-0.4, -0.2) is 42.7 Å². The van der Waals surface area contributed by atoms with E-state index in [0.29, 0.717) is 28.0 Å². The molecule has 1 aromatic heterocycles. The Balaban J connectivity index is 1.45. The Bertz CT molecular complexity index is 1100. The van der Waals surface area contributed by atoms with Crippen LogP contribution >= 0.6 is 11.8 Å². The number of hydrogen-bond acceptors (Lipinski definition) is 5. The monoisotopic (exact) mass is 466 g/mol. The zero-order valence-electron chi connectivity index (χ0n) is 19.1. The largest absolute Gasteiger partial charge is 0.497 e. The van der Waals surface area contributed by atoms with Gasteiger partial charge in [-0.1, -0.05) is 37.5 Å². The molecule has 0 spiro atoms. The van der Waals surface area contributed by atoms with Crippen molar-refractivity contribution in [3.05, 3.63) is 59.9 Å². The summed E-state index contributed by atoms with van der Waals surface area (Å²) in [5, 5.41) is 4.42. The van der Waals surface area contributed by atoms with Crippen LogP contribution in [0.1, 0.15) is 48.2 Å². The molecule has 6 nitrogen and oxygen atoms in total. The SMILES string of the molecule is COc1ccc(NC(=O)CN(C)C(=O)c2oc3ccccc3c2CSC2CCCCC2)cc1. The van der Waals surface area contributed by atoms with Crippen molar-refractivity contribution in [3.63, 3.8) is 0 Å². The van der Waals surface area contributed by atoms with E-state index in [1.165, 1.54) is 37.0 Å². The summed E-state index contributed by atoms with van der Waals surface area (Å²) in [6.45, 7) is -0.0723. The molecule has 0 aliphatic heterocycles. The minimum absolute atomic E-state index is 0.0723. The number of hydrogen-bond donors (Lipinski definition) is 1. The molecule has 2 aromatic carbocycles. The Labute approximate surface area is 198 Å². The first-order valence-corrected chi connectivity index (χ1v) is 12.4. The van der Waals surface area contributed by atoms with E-state index in [1.54, 1.807) is 38.4 Å². The minimum atomic E-state index is -0.282. The predicted molar refractivity (Wildman–Crippen MR) is 133 cm³/mol. The summed E-state index contributed by atoms with van der Waals surface area (Å²) in [7, 11) is 3.22. The Kier molecular flexibility index (Phi) is 7.60. The van der Waals surface area contributed by atoms with Crippen molar-refractivity contribution in [3.8, 4) is 5.75 Å². The van der Waals surface area contributed by atoms with Gasteiger partial charge in [0.05, 0.1) is 13.7 Å². The summed E-state index contributed by atoms with van der Waals surface area (Å²) >= 11 is 1.91. The number of para-hydroxylation sites is 1. The number of carbonyl (C=O) groups excluding carboxylic acids is 2. The fourth-order valence-electron chi connectivity index (χ4n) is 4.18. The van der Waals surface area contributed by atoms with E-state index in [4.69, 9.17) is 9.15 Å². The molecule has 1 saturated carbocycles. The molecule has 7 heteroatoms. The molecule has 4 rings (SSSR count). The summed E-state index contributed by atoms with van der Waals surface area (Å²) in [5.74, 6) is 1.22. The highest BCUT2D eigenvalue weighted by Crippen LogP contribution is 2.35. The van der Waals surface area contributed by atoms with E-state index in [-0.39, 0.29) is 18.4 Å². The summed E-state index contributed by atoms with van der Waals surface area (Å²) in [5.41, 5.74) is 2.28. The number of likely N-dealkylation sites (N-methyl/N-ethyl adjacent to an activating group) is 1. The van der Waals surface area contributed by atoms with E-state index in [2.05, 4.69) is 5.32 Å². The van der Waals surface area contributed by atoms with Crippen LogP contribution in [0, 0.1) is 0 Å². The standard InChI is InChI=1S/C26H30N2O4S/c1-28(16-24(29)27-18-12-14-19(31-2)15-13-18)26(30)25-22(17-33-20-8-4-3-5-9-20)21-10-6-7-11-23(21)32-25/h6-7,10-15,20H,3-5,8-9,16-17H2,1-2H3,(H,27,29). The number of amides is 2. The van der Waals surface area contributed by atoms with Crippen LogP contribution in [0.5, 0.6) is 5.75 Å². The topological polar surface area (TPSA) is 71.8 Å². The molecule has 2 amide bonds. The molecule has 0 unspecified atom stereocenters. The Morgan fingerprint density at radius 1 is 1.09 bits per heavy atom. The number of ether oxygens (including phenoxy) is 1. The van der Waals surface area contributed by atoms with Crippen LogP contribution in [0.25, 0.3) is 11.0 Å². The highest BCUT2D eigenvalue weighted by atomic mass is 32.2. The van der Waals surface area contributed by atoms with Crippen molar-refractivity contribution in [1.29, 1.82) is 0 Å². The van der Waals surface area contributed by atoms with Gasteiger partial charge in [-0.15, -0.1) is 0 Å². The molecule has 1 N–H and O–H groups in total. The van der Waals surface area contributed by atoms with Crippen molar-refractivity contribution in [1.82, 2.24) is 4.90 Å². The van der Waals surface area contributed by atoms with Gasteiger partial charge in [0.15, 0.2) is 5.76 Å². The molecule has 1 fully saturated rings. The minimum Gasteiger partial charge on any atom is -0.497 e. The number of furan rings is 1. The number of thioether (sulfide) groups is 1. The van der Waals surface area contributed by atoms with Crippen LogP contribution in [0.15, 0.2) is 52.9 Å². The highest BCUT2D eigenvalue weighted by molar-refractivity contribution is 7.99. The smallest absolute Gasteiger partial charge is 0.290 e. The number of anilines is 1. The molecule has 1 aliphatic carbocycles. The first-order valence-electron chi connectivity index (χ1n) is 11.4. The maximum absolute atomic E-state index is 13.3. The maximum Gasteiger partial charge on any atom is 0.290 e. The zero-order chi connectivity index (χ0) is 23.2. The van der Waals surface area contributed by atoms with Gasteiger partial charge in [0, 0.05) is 34.7 Å². The van der Waals surface area contributed by atoms with Crippen molar-refractivity contribution in [2.75, 3.05) is 26.0 Å².